The van der Waals surface area contributed by atoms with E-state index >= 15 is 0 Å². The summed E-state index contributed by atoms with van der Waals surface area (Å²) in [6.45, 7) is 1.43. The molecule has 0 aliphatic carbocycles. The molecular weight excluding hydrogens is 372 g/mol. The Morgan fingerprint density at radius 3 is 2.03 bits per heavy atom. The van der Waals surface area contributed by atoms with Crippen LogP contribution in [0.3, 0.4) is 0 Å². The van der Waals surface area contributed by atoms with Gasteiger partial charge in [0.2, 0.25) is 5.91 Å². The maximum absolute atomic E-state index is 12.8. The summed E-state index contributed by atoms with van der Waals surface area (Å²) in [7, 11) is 3.54. The molecule has 0 radical (unpaired) electrons. The predicted molar refractivity (Wildman–Crippen MR) is 122 cm³/mol. The average Bonchev–Trinajstić information content (AvgIpc) is 2.95. The molecule has 0 saturated carbocycles. The van der Waals surface area contributed by atoms with E-state index < -0.39 is 0 Å². The van der Waals surface area contributed by atoms with Gasteiger partial charge in [-0.05, 0) is 53.8 Å². The molecule has 0 unspecified atom stereocenters. The van der Waals surface area contributed by atoms with Crippen LogP contribution >= 0.6 is 0 Å². The van der Waals surface area contributed by atoms with E-state index in [9.17, 15) is 4.79 Å². The van der Waals surface area contributed by atoms with Crippen molar-refractivity contribution < 1.29 is 9.53 Å². The number of hydrogen-bond acceptors (Lipinski definition) is 3. The minimum absolute atomic E-state index is 0.122. The summed E-state index contributed by atoms with van der Waals surface area (Å²) in [5, 5.41) is 0. The number of ether oxygens (including phenoxy) is 1. The van der Waals surface area contributed by atoms with Crippen LogP contribution in [-0.4, -0.2) is 38.1 Å². The van der Waals surface area contributed by atoms with Gasteiger partial charge in [0, 0.05) is 31.5 Å². The lowest BCUT2D eigenvalue weighted by Crippen LogP contribution is -2.35. The number of benzene rings is 3. The molecule has 0 atom stereocenters. The van der Waals surface area contributed by atoms with Crippen LogP contribution in [-0.2, 0) is 24.1 Å². The molecule has 0 fully saturated rings. The van der Waals surface area contributed by atoms with Crippen molar-refractivity contribution in [2.75, 3.05) is 32.1 Å². The van der Waals surface area contributed by atoms with Crippen molar-refractivity contribution in [3.05, 3.63) is 89.5 Å². The van der Waals surface area contributed by atoms with Gasteiger partial charge in [-0.1, -0.05) is 48.5 Å². The van der Waals surface area contributed by atoms with E-state index in [0.717, 1.165) is 30.7 Å². The Morgan fingerprint density at radius 1 is 0.900 bits per heavy atom. The maximum atomic E-state index is 12.8. The number of hydrogen-bond donors (Lipinski definition) is 0. The zero-order valence-electron chi connectivity index (χ0n) is 17.7. The highest BCUT2D eigenvalue weighted by Gasteiger charge is 2.21. The van der Waals surface area contributed by atoms with E-state index in [1.807, 2.05) is 36.2 Å². The molecule has 1 aliphatic rings. The van der Waals surface area contributed by atoms with Crippen molar-refractivity contribution in [3.8, 4) is 5.75 Å². The lowest BCUT2D eigenvalue weighted by Gasteiger charge is -2.29. The van der Waals surface area contributed by atoms with E-state index in [0.29, 0.717) is 13.0 Å². The highest BCUT2D eigenvalue weighted by Crippen LogP contribution is 2.35. The Morgan fingerprint density at radius 2 is 1.47 bits per heavy atom. The van der Waals surface area contributed by atoms with E-state index in [1.165, 1.54) is 22.5 Å². The molecule has 3 aromatic carbocycles. The lowest BCUT2D eigenvalue weighted by atomic mass is 10.0. The fraction of sp³-hybridized carbons (Fsp3) is 0.269. The van der Waals surface area contributed by atoms with Crippen LogP contribution in [0.15, 0.2) is 72.8 Å². The third-order valence-corrected chi connectivity index (χ3v) is 5.83. The molecule has 1 aliphatic heterocycles. The fourth-order valence-electron chi connectivity index (χ4n) is 4.04. The van der Waals surface area contributed by atoms with E-state index in [1.54, 1.807) is 7.11 Å². The Hall–Kier alpha value is -3.27. The van der Waals surface area contributed by atoms with Crippen LogP contribution < -0.4 is 9.64 Å². The van der Waals surface area contributed by atoms with Gasteiger partial charge in [0.15, 0.2) is 0 Å². The van der Waals surface area contributed by atoms with Crippen molar-refractivity contribution in [3.63, 3.8) is 0 Å². The first-order valence-corrected chi connectivity index (χ1v) is 10.5. The number of methoxy groups -OCH3 is 1. The van der Waals surface area contributed by atoms with Crippen LogP contribution in [0.2, 0.25) is 0 Å². The first-order valence-electron chi connectivity index (χ1n) is 10.5. The Balaban J connectivity index is 1.47. The summed E-state index contributed by atoms with van der Waals surface area (Å²) in [5.41, 5.74) is 6.22. The van der Waals surface area contributed by atoms with E-state index in [-0.39, 0.29) is 5.91 Å². The molecule has 3 aromatic rings. The van der Waals surface area contributed by atoms with Crippen LogP contribution in [0.4, 0.5) is 11.4 Å². The average molecular weight is 401 g/mol. The molecule has 1 amide bonds. The number of likely N-dealkylation sites (N-methyl/N-ethyl adjacent to an activating group) is 1. The van der Waals surface area contributed by atoms with Gasteiger partial charge in [0.1, 0.15) is 5.75 Å². The van der Waals surface area contributed by atoms with Gasteiger partial charge in [0.25, 0.3) is 0 Å². The SMILES string of the molecule is COc1ccc(CC(=O)N(C)CCN2c3ccccc3CCc3ccccc32)cc1. The number of rotatable bonds is 6. The monoisotopic (exact) mass is 400 g/mol. The second kappa shape index (κ2) is 9.04. The van der Waals surface area contributed by atoms with Gasteiger partial charge in [-0.2, -0.15) is 0 Å². The third-order valence-electron chi connectivity index (χ3n) is 5.83. The highest BCUT2D eigenvalue weighted by atomic mass is 16.5. The lowest BCUT2D eigenvalue weighted by molar-refractivity contribution is -0.129. The number of carbonyl (C=O) groups excluding carboxylic acids is 1. The minimum Gasteiger partial charge on any atom is -0.497 e. The van der Waals surface area contributed by atoms with E-state index in [2.05, 4.69) is 53.4 Å². The highest BCUT2D eigenvalue weighted by molar-refractivity contribution is 5.79. The molecule has 0 spiro atoms. The van der Waals surface area contributed by atoms with Crippen LogP contribution in [0.25, 0.3) is 0 Å². The number of anilines is 2. The predicted octanol–water partition coefficient (Wildman–Crippen LogP) is 4.63. The molecule has 4 heteroatoms. The molecule has 154 valence electrons. The standard InChI is InChI=1S/C26H28N2O2/c1-27(26(29)19-20-11-15-23(30-2)16-12-20)17-18-28-24-9-5-3-7-21(24)13-14-22-8-4-6-10-25(22)28/h3-12,15-16H,13-14,17-19H2,1-2H3. The summed E-state index contributed by atoms with van der Waals surface area (Å²) in [6.07, 6.45) is 2.47. The summed E-state index contributed by atoms with van der Waals surface area (Å²) in [5.74, 6) is 0.926. The topological polar surface area (TPSA) is 32.8 Å². The molecule has 0 saturated heterocycles. The molecule has 0 N–H and O–H groups in total. The van der Waals surface area contributed by atoms with Gasteiger partial charge < -0.3 is 14.5 Å². The van der Waals surface area contributed by atoms with Crippen molar-refractivity contribution in [2.45, 2.75) is 19.3 Å². The van der Waals surface area contributed by atoms with Crippen molar-refractivity contribution in [2.24, 2.45) is 0 Å². The molecular formula is C26H28N2O2. The summed E-state index contributed by atoms with van der Waals surface area (Å²) < 4.78 is 5.19. The normalized spacial score (nSPS) is 12.5. The van der Waals surface area contributed by atoms with Gasteiger partial charge in [-0.25, -0.2) is 0 Å². The van der Waals surface area contributed by atoms with Gasteiger partial charge >= 0.3 is 0 Å². The second-order valence-corrected chi connectivity index (χ2v) is 7.75. The first kappa shape index (κ1) is 20.0. The number of nitrogens with zero attached hydrogens (tertiary/aromatic N) is 2. The van der Waals surface area contributed by atoms with Crippen LogP contribution in [0.1, 0.15) is 16.7 Å². The number of amides is 1. The maximum Gasteiger partial charge on any atom is 0.226 e. The minimum atomic E-state index is 0.122. The van der Waals surface area contributed by atoms with Crippen molar-refractivity contribution in [1.82, 2.24) is 4.90 Å². The zero-order valence-corrected chi connectivity index (χ0v) is 17.7. The zero-order chi connectivity index (χ0) is 20.9. The Kier molecular flexibility index (Phi) is 6.03. The fourth-order valence-corrected chi connectivity index (χ4v) is 4.04. The van der Waals surface area contributed by atoms with E-state index in [4.69, 9.17) is 4.74 Å². The summed E-state index contributed by atoms with van der Waals surface area (Å²) in [6, 6.07) is 24.9. The Labute approximate surface area is 178 Å². The number of para-hydroxylation sites is 2. The van der Waals surface area contributed by atoms with Crippen LogP contribution in [0.5, 0.6) is 5.75 Å². The van der Waals surface area contributed by atoms with Gasteiger partial charge in [-0.3, -0.25) is 4.79 Å². The molecule has 30 heavy (non-hydrogen) atoms. The summed E-state index contributed by atoms with van der Waals surface area (Å²) >= 11 is 0. The second-order valence-electron chi connectivity index (χ2n) is 7.75. The van der Waals surface area contributed by atoms with Crippen LogP contribution in [0, 0.1) is 0 Å². The first-order chi connectivity index (χ1) is 14.7. The number of aryl methyl sites for hydroxylation is 2. The smallest absolute Gasteiger partial charge is 0.226 e. The molecule has 0 bridgehead atoms. The molecule has 1 heterocycles. The molecule has 4 nitrogen and oxygen atoms in total. The quantitative estimate of drug-likeness (QED) is 0.605. The molecule has 0 aromatic heterocycles. The largest absolute Gasteiger partial charge is 0.497 e. The number of carbonyl (C=O) groups is 1. The van der Waals surface area contributed by atoms with Gasteiger partial charge in [-0.15, -0.1) is 0 Å². The number of fused-ring (bicyclic) bond motifs is 2. The van der Waals surface area contributed by atoms with Crippen molar-refractivity contribution in [1.29, 1.82) is 0 Å². The summed E-state index contributed by atoms with van der Waals surface area (Å²) in [4.78, 5) is 17.0. The molecule has 4 rings (SSSR count). The third kappa shape index (κ3) is 4.33. The van der Waals surface area contributed by atoms with Crippen molar-refractivity contribution >= 4 is 17.3 Å². The Bertz CT molecular complexity index is 966. The van der Waals surface area contributed by atoms with Gasteiger partial charge in [0.05, 0.1) is 13.5 Å².